The van der Waals surface area contributed by atoms with Crippen molar-refractivity contribution in [2.24, 2.45) is 7.05 Å². The molecule has 2 aromatic heterocycles. The molecule has 0 bridgehead atoms. The average Bonchev–Trinajstić information content (AvgIpc) is 2.90. The third-order valence-electron chi connectivity index (χ3n) is 3.29. The molecule has 0 saturated heterocycles. The van der Waals surface area contributed by atoms with Crippen LogP contribution in [0.1, 0.15) is 36.8 Å². The van der Waals surface area contributed by atoms with Crippen molar-refractivity contribution in [3.63, 3.8) is 0 Å². The lowest BCUT2D eigenvalue weighted by atomic mass is 9.94. The molecule has 0 aliphatic rings. The summed E-state index contributed by atoms with van der Waals surface area (Å²) in [6, 6.07) is 3.70. The summed E-state index contributed by atoms with van der Waals surface area (Å²) in [5.74, 6) is -1.52. The lowest BCUT2D eigenvalue weighted by Gasteiger charge is -2.12. The Hall–Kier alpha value is -2.68. The first-order chi connectivity index (χ1) is 10.1. The van der Waals surface area contributed by atoms with Gasteiger partial charge in [-0.1, -0.05) is 13.3 Å². The number of carboxylic acid groups (broad SMARTS) is 1. The van der Waals surface area contributed by atoms with Gasteiger partial charge in [-0.25, -0.2) is 0 Å². The average molecular weight is 284 g/mol. The summed E-state index contributed by atoms with van der Waals surface area (Å²) in [6.07, 6.45) is 6.21. The normalized spacial score (nSPS) is 11.9. The van der Waals surface area contributed by atoms with Gasteiger partial charge in [-0.15, -0.1) is 0 Å². The summed E-state index contributed by atoms with van der Waals surface area (Å²) < 4.78 is 1.63. The molecule has 0 saturated carbocycles. The van der Waals surface area contributed by atoms with Crippen LogP contribution in [0, 0.1) is 11.3 Å². The van der Waals surface area contributed by atoms with Crippen LogP contribution >= 0.6 is 0 Å². The van der Waals surface area contributed by atoms with E-state index in [1.165, 1.54) is 6.20 Å². The van der Waals surface area contributed by atoms with Crippen LogP contribution in [0.3, 0.4) is 0 Å². The van der Waals surface area contributed by atoms with Gasteiger partial charge in [0, 0.05) is 25.0 Å². The second-order valence-electron chi connectivity index (χ2n) is 4.86. The fourth-order valence-corrected chi connectivity index (χ4v) is 2.25. The minimum atomic E-state index is -0.892. The van der Waals surface area contributed by atoms with Gasteiger partial charge >= 0.3 is 5.97 Å². The van der Waals surface area contributed by atoms with Gasteiger partial charge in [-0.2, -0.15) is 10.4 Å². The maximum Gasteiger partial charge on any atom is 0.311 e. The quantitative estimate of drug-likeness (QED) is 0.909. The SMILES string of the molecule is CCCC(C(=O)O)c1cnc(-c2cnn(C)c2)c(C#N)c1. The topological polar surface area (TPSA) is 91.8 Å². The van der Waals surface area contributed by atoms with Crippen LogP contribution in [0.5, 0.6) is 0 Å². The van der Waals surface area contributed by atoms with Crippen LogP contribution in [0.4, 0.5) is 0 Å². The standard InChI is InChI=1S/C15H16N4O2/c1-3-4-13(15(20)21)11-5-10(6-16)14(17-7-11)12-8-18-19(2)9-12/h5,7-9,13H,3-4H2,1-2H3,(H,20,21). The number of nitriles is 1. The highest BCUT2D eigenvalue weighted by molar-refractivity contribution is 5.77. The number of carboxylic acids is 1. The van der Waals surface area contributed by atoms with Gasteiger partial charge in [0.05, 0.1) is 23.4 Å². The number of rotatable bonds is 5. The molecule has 0 aliphatic carbocycles. The van der Waals surface area contributed by atoms with Crippen LogP contribution in [-0.4, -0.2) is 25.8 Å². The molecule has 2 aromatic rings. The molecule has 21 heavy (non-hydrogen) atoms. The molecule has 0 aromatic carbocycles. The lowest BCUT2D eigenvalue weighted by molar-refractivity contribution is -0.139. The minimum absolute atomic E-state index is 0.364. The van der Waals surface area contributed by atoms with E-state index < -0.39 is 11.9 Å². The highest BCUT2D eigenvalue weighted by atomic mass is 16.4. The smallest absolute Gasteiger partial charge is 0.311 e. The van der Waals surface area contributed by atoms with E-state index in [1.807, 2.05) is 6.92 Å². The summed E-state index contributed by atoms with van der Waals surface area (Å²) in [4.78, 5) is 15.6. The number of carbonyl (C=O) groups is 1. The van der Waals surface area contributed by atoms with Gasteiger partial charge < -0.3 is 5.11 Å². The number of hydrogen-bond donors (Lipinski definition) is 1. The van der Waals surface area contributed by atoms with Gasteiger partial charge in [0.1, 0.15) is 6.07 Å². The fourth-order valence-electron chi connectivity index (χ4n) is 2.25. The minimum Gasteiger partial charge on any atom is -0.481 e. The van der Waals surface area contributed by atoms with E-state index in [-0.39, 0.29) is 0 Å². The zero-order chi connectivity index (χ0) is 15.4. The Bertz CT molecular complexity index is 700. The molecule has 108 valence electrons. The van der Waals surface area contributed by atoms with Crippen molar-refractivity contribution < 1.29 is 9.90 Å². The van der Waals surface area contributed by atoms with E-state index >= 15 is 0 Å². The number of pyridine rings is 1. The third-order valence-corrected chi connectivity index (χ3v) is 3.29. The van der Waals surface area contributed by atoms with E-state index in [2.05, 4.69) is 16.2 Å². The number of aliphatic carboxylic acids is 1. The zero-order valence-corrected chi connectivity index (χ0v) is 11.9. The molecule has 1 N–H and O–H groups in total. The van der Waals surface area contributed by atoms with Crippen molar-refractivity contribution in [3.05, 3.63) is 35.8 Å². The predicted octanol–water partition coefficient (Wildman–Crippen LogP) is 2.32. The molecule has 0 fully saturated rings. The predicted molar refractivity (Wildman–Crippen MR) is 76.4 cm³/mol. The second-order valence-corrected chi connectivity index (χ2v) is 4.86. The number of nitrogens with zero attached hydrogens (tertiary/aromatic N) is 4. The Balaban J connectivity index is 2.45. The van der Waals surface area contributed by atoms with E-state index in [4.69, 9.17) is 0 Å². The van der Waals surface area contributed by atoms with Crippen molar-refractivity contribution in [1.82, 2.24) is 14.8 Å². The molecular weight excluding hydrogens is 268 g/mol. The molecular formula is C15H16N4O2. The van der Waals surface area contributed by atoms with Gasteiger partial charge in [0.2, 0.25) is 0 Å². The lowest BCUT2D eigenvalue weighted by Crippen LogP contribution is -2.12. The molecule has 1 unspecified atom stereocenters. The Morgan fingerprint density at radius 3 is 2.81 bits per heavy atom. The fraction of sp³-hybridized carbons (Fsp3) is 0.333. The molecule has 0 amide bonds. The molecule has 2 heterocycles. The first-order valence-corrected chi connectivity index (χ1v) is 6.68. The van der Waals surface area contributed by atoms with E-state index in [0.717, 1.165) is 12.0 Å². The first kappa shape index (κ1) is 14.7. The van der Waals surface area contributed by atoms with Crippen LogP contribution in [-0.2, 0) is 11.8 Å². The van der Waals surface area contributed by atoms with Crippen LogP contribution in [0.25, 0.3) is 11.3 Å². The van der Waals surface area contributed by atoms with Crippen molar-refractivity contribution in [3.8, 4) is 17.3 Å². The van der Waals surface area contributed by atoms with Gasteiger partial charge in [0.15, 0.2) is 0 Å². The molecule has 2 rings (SSSR count). The van der Waals surface area contributed by atoms with Crippen molar-refractivity contribution in [2.75, 3.05) is 0 Å². The Kier molecular flexibility index (Phi) is 4.33. The van der Waals surface area contributed by atoms with Gasteiger partial charge in [0.25, 0.3) is 0 Å². The summed E-state index contributed by atoms with van der Waals surface area (Å²) >= 11 is 0. The number of aromatic nitrogens is 3. The van der Waals surface area contributed by atoms with Crippen LogP contribution < -0.4 is 0 Å². The zero-order valence-electron chi connectivity index (χ0n) is 11.9. The van der Waals surface area contributed by atoms with Crippen molar-refractivity contribution in [1.29, 1.82) is 5.26 Å². The number of hydrogen-bond acceptors (Lipinski definition) is 4. The largest absolute Gasteiger partial charge is 0.481 e. The maximum absolute atomic E-state index is 11.3. The summed E-state index contributed by atoms with van der Waals surface area (Å²) in [6.45, 7) is 1.93. The van der Waals surface area contributed by atoms with Crippen LogP contribution in [0.2, 0.25) is 0 Å². The van der Waals surface area contributed by atoms with Gasteiger partial charge in [-0.05, 0) is 18.1 Å². The van der Waals surface area contributed by atoms with Crippen molar-refractivity contribution >= 4 is 5.97 Å². The van der Waals surface area contributed by atoms with E-state index in [1.54, 1.807) is 30.2 Å². The monoisotopic (exact) mass is 284 g/mol. The molecule has 1 atom stereocenters. The Morgan fingerprint density at radius 1 is 1.52 bits per heavy atom. The molecule has 6 nitrogen and oxygen atoms in total. The highest BCUT2D eigenvalue weighted by Crippen LogP contribution is 2.26. The second kappa shape index (κ2) is 6.18. The Labute approximate surface area is 122 Å². The molecule has 0 aliphatic heterocycles. The van der Waals surface area contributed by atoms with Crippen LogP contribution in [0.15, 0.2) is 24.7 Å². The van der Waals surface area contributed by atoms with Gasteiger partial charge in [-0.3, -0.25) is 14.5 Å². The summed E-state index contributed by atoms with van der Waals surface area (Å²) in [5, 5.41) is 22.6. The van der Waals surface area contributed by atoms with E-state index in [0.29, 0.717) is 23.2 Å². The summed E-state index contributed by atoms with van der Waals surface area (Å²) in [5.41, 5.74) is 2.19. The molecule has 6 heteroatoms. The Morgan fingerprint density at radius 2 is 2.29 bits per heavy atom. The van der Waals surface area contributed by atoms with Crippen molar-refractivity contribution in [2.45, 2.75) is 25.7 Å². The van der Waals surface area contributed by atoms with E-state index in [9.17, 15) is 15.2 Å². The third kappa shape index (κ3) is 3.08. The summed E-state index contributed by atoms with van der Waals surface area (Å²) in [7, 11) is 1.78. The molecule has 0 spiro atoms. The maximum atomic E-state index is 11.3. The highest BCUT2D eigenvalue weighted by Gasteiger charge is 2.21. The number of aryl methyl sites for hydroxylation is 1. The molecule has 0 radical (unpaired) electrons. The first-order valence-electron chi connectivity index (χ1n) is 6.68.